The minimum Gasteiger partial charge on any atom is -0.247 e. The highest BCUT2D eigenvalue weighted by Gasteiger charge is 2.68. The fraction of sp³-hybridized carbons (Fsp3) is 1.00. The largest absolute Gasteiger partial charge is 0.256 e. The fourth-order valence-electron chi connectivity index (χ4n) is 1.69. The molecule has 0 amide bonds. The van der Waals surface area contributed by atoms with Crippen LogP contribution in [0.25, 0.3) is 0 Å². The molecule has 0 radical (unpaired) electrons. The number of fused-ring (bicyclic) bond motifs is 1. The van der Waals surface area contributed by atoms with Gasteiger partial charge in [-0.1, -0.05) is 0 Å². The molecule has 0 bridgehead atoms. The molecule has 1 heterocycles. The average molecular weight is 259 g/mol. The van der Waals surface area contributed by atoms with E-state index < -0.39 is 5.92 Å². The maximum atomic E-state index is 12.6. The van der Waals surface area contributed by atoms with Gasteiger partial charge < -0.3 is 0 Å². The predicted octanol–water partition coefficient (Wildman–Crippen LogP) is 1.92. The summed E-state index contributed by atoms with van der Waals surface area (Å²) in [5.74, 6) is -2.92. The van der Waals surface area contributed by atoms with Crippen molar-refractivity contribution in [3.63, 3.8) is 0 Å². The summed E-state index contributed by atoms with van der Waals surface area (Å²) in [7, 11) is 0. The summed E-state index contributed by atoms with van der Waals surface area (Å²) in [6, 6.07) is 0. The average Bonchev–Trinajstić information content (AvgIpc) is 2.36. The quantitative estimate of drug-likeness (QED) is 0.474. The maximum Gasteiger partial charge on any atom is 0.256 e. The second kappa shape index (κ2) is 2.03. The van der Waals surface area contributed by atoms with Crippen LogP contribution in [0.3, 0.4) is 0 Å². The highest BCUT2D eigenvalue weighted by Crippen LogP contribution is 2.59. The molecule has 2 fully saturated rings. The molecule has 2 rings (SSSR count). The molecule has 58 valence electrons. The normalized spacial score (nSPS) is 44.7. The molecule has 1 aliphatic heterocycles. The summed E-state index contributed by atoms with van der Waals surface area (Å²) in [4.78, 5) is 0. The van der Waals surface area contributed by atoms with Crippen molar-refractivity contribution in [1.82, 2.24) is 3.11 Å². The molecule has 1 saturated heterocycles. The van der Waals surface area contributed by atoms with E-state index in [1.54, 1.807) is 0 Å². The van der Waals surface area contributed by atoms with Crippen LogP contribution in [-0.4, -0.2) is 22.1 Å². The van der Waals surface area contributed by atoms with Gasteiger partial charge in [0.15, 0.2) is 0 Å². The van der Waals surface area contributed by atoms with Gasteiger partial charge in [0.05, 0.1) is 0 Å². The summed E-state index contributed by atoms with van der Waals surface area (Å²) >= 11 is 2.12. The van der Waals surface area contributed by atoms with Crippen molar-refractivity contribution in [3.05, 3.63) is 0 Å². The third-order valence-electron chi connectivity index (χ3n) is 2.44. The lowest BCUT2D eigenvalue weighted by molar-refractivity contribution is 0.0863. The van der Waals surface area contributed by atoms with E-state index in [4.69, 9.17) is 0 Å². The first-order chi connectivity index (χ1) is 4.62. The first kappa shape index (κ1) is 7.21. The van der Waals surface area contributed by atoms with Crippen LogP contribution in [0.15, 0.2) is 0 Å². The summed E-state index contributed by atoms with van der Waals surface area (Å²) in [5.41, 5.74) is 0. The van der Waals surface area contributed by atoms with E-state index >= 15 is 0 Å². The van der Waals surface area contributed by atoms with E-state index in [-0.39, 0.29) is 11.8 Å². The first-order valence-corrected chi connectivity index (χ1v) is 4.37. The maximum absolute atomic E-state index is 12.6. The van der Waals surface area contributed by atoms with Crippen molar-refractivity contribution in [1.29, 1.82) is 0 Å². The Hall–Kier alpha value is 0.550. The lowest BCUT2D eigenvalue weighted by atomic mass is 10.2. The van der Waals surface area contributed by atoms with Crippen LogP contribution >= 0.6 is 22.9 Å². The van der Waals surface area contributed by atoms with Gasteiger partial charge >= 0.3 is 0 Å². The Bertz CT molecular complexity index is 162. The summed E-state index contributed by atoms with van der Waals surface area (Å²) in [5, 5.41) is 0. The monoisotopic (exact) mass is 259 g/mol. The lowest BCUT2D eigenvalue weighted by Crippen LogP contribution is -2.21. The van der Waals surface area contributed by atoms with Gasteiger partial charge in [0.25, 0.3) is 5.92 Å². The van der Waals surface area contributed by atoms with Crippen molar-refractivity contribution >= 4 is 22.9 Å². The highest BCUT2D eigenvalue weighted by molar-refractivity contribution is 14.1. The predicted molar refractivity (Wildman–Crippen MR) is 42.1 cm³/mol. The van der Waals surface area contributed by atoms with Gasteiger partial charge in [-0.15, -0.1) is 0 Å². The third kappa shape index (κ3) is 0.879. The van der Waals surface area contributed by atoms with Crippen LogP contribution in [-0.2, 0) is 0 Å². The summed E-state index contributed by atoms with van der Waals surface area (Å²) < 4.78 is 27.2. The van der Waals surface area contributed by atoms with Crippen molar-refractivity contribution in [2.75, 3.05) is 13.1 Å². The molecule has 1 saturated carbocycles. The molecule has 0 aromatic carbocycles. The van der Waals surface area contributed by atoms with Gasteiger partial charge in [0.1, 0.15) is 0 Å². The molecule has 4 heteroatoms. The number of halogens is 3. The van der Waals surface area contributed by atoms with Crippen LogP contribution in [0, 0.1) is 11.8 Å². The Kier molecular flexibility index (Phi) is 1.46. The van der Waals surface area contributed by atoms with Crippen molar-refractivity contribution in [2.24, 2.45) is 11.8 Å². The zero-order chi connectivity index (χ0) is 7.35. The lowest BCUT2D eigenvalue weighted by Gasteiger charge is -2.16. The van der Waals surface area contributed by atoms with Crippen LogP contribution in [0.1, 0.15) is 6.42 Å². The first-order valence-electron chi connectivity index (χ1n) is 3.41. The molecule has 10 heavy (non-hydrogen) atoms. The van der Waals surface area contributed by atoms with Crippen molar-refractivity contribution < 1.29 is 8.78 Å². The molecule has 0 N–H and O–H groups in total. The Morgan fingerprint density at radius 2 is 2.10 bits per heavy atom. The van der Waals surface area contributed by atoms with Crippen molar-refractivity contribution in [2.45, 2.75) is 12.3 Å². The van der Waals surface area contributed by atoms with Gasteiger partial charge in [-0.2, -0.15) is 0 Å². The zero-order valence-electron chi connectivity index (χ0n) is 5.36. The number of alkyl halides is 2. The molecular formula is C6H8F2IN. The number of piperidine rings is 1. The minimum atomic E-state index is -2.32. The van der Waals surface area contributed by atoms with Gasteiger partial charge in [0, 0.05) is 47.8 Å². The fourth-order valence-corrected chi connectivity index (χ4v) is 2.39. The van der Waals surface area contributed by atoms with Gasteiger partial charge in [-0.3, -0.25) is 0 Å². The van der Waals surface area contributed by atoms with Gasteiger partial charge in [0.2, 0.25) is 0 Å². The van der Waals surface area contributed by atoms with Gasteiger partial charge in [-0.25, -0.2) is 11.9 Å². The Morgan fingerprint density at radius 1 is 1.40 bits per heavy atom. The van der Waals surface area contributed by atoms with Crippen molar-refractivity contribution in [3.8, 4) is 0 Å². The third-order valence-corrected chi connectivity index (χ3v) is 3.32. The molecule has 0 spiro atoms. The smallest absolute Gasteiger partial charge is 0.247 e. The molecule has 2 unspecified atom stereocenters. The minimum absolute atomic E-state index is 0.279. The number of hydrogen-bond donors (Lipinski definition) is 0. The number of nitrogens with zero attached hydrogens (tertiary/aromatic N) is 1. The van der Waals surface area contributed by atoms with E-state index in [0.717, 1.165) is 6.54 Å². The standard InChI is InChI=1S/C6H8F2IN/c7-6(8)4-1-2-10(9)3-5(4)6/h4-5H,1-3H2. The summed E-state index contributed by atoms with van der Waals surface area (Å²) in [6.07, 6.45) is 0.681. The molecular weight excluding hydrogens is 251 g/mol. The molecule has 2 aliphatic rings. The second-order valence-electron chi connectivity index (χ2n) is 3.05. The summed E-state index contributed by atoms with van der Waals surface area (Å²) in [6.45, 7) is 1.41. The molecule has 0 aromatic rings. The van der Waals surface area contributed by atoms with E-state index in [1.807, 2.05) is 3.11 Å². The van der Waals surface area contributed by atoms with Gasteiger partial charge in [-0.05, 0) is 6.42 Å². The van der Waals surface area contributed by atoms with Crippen LogP contribution < -0.4 is 0 Å². The van der Waals surface area contributed by atoms with E-state index in [2.05, 4.69) is 22.9 Å². The van der Waals surface area contributed by atoms with E-state index in [1.165, 1.54) is 0 Å². The zero-order valence-corrected chi connectivity index (χ0v) is 7.51. The molecule has 2 atom stereocenters. The Morgan fingerprint density at radius 3 is 2.60 bits per heavy atom. The molecule has 1 nitrogen and oxygen atoms in total. The SMILES string of the molecule is FC1(F)C2CCN(I)CC21. The number of rotatable bonds is 0. The highest BCUT2D eigenvalue weighted by atomic mass is 127. The Labute approximate surface area is 72.3 Å². The molecule has 1 aliphatic carbocycles. The Balaban J connectivity index is 2.04. The van der Waals surface area contributed by atoms with Crippen LogP contribution in [0.5, 0.6) is 0 Å². The number of hydrogen-bond acceptors (Lipinski definition) is 1. The molecule has 0 aromatic heterocycles. The van der Waals surface area contributed by atoms with E-state index in [9.17, 15) is 8.78 Å². The van der Waals surface area contributed by atoms with E-state index in [0.29, 0.717) is 13.0 Å². The second-order valence-corrected chi connectivity index (χ2v) is 4.41. The van der Waals surface area contributed by atoms with Crippen LogP contribution in [0.2, 0.25) is 0 Å². The topological polar surface area (TPSA) is 3.24 Å². The van der Waals surface area contributed by atoms with Crippen LogP contribution in [0.4, 0.5) is 8.78 Å².